The number of nitriles is 1. The molecule has 4 heteroatoms. The van der Waals surface area contributed by atoms with Gasteiger partial charge in [0, 0.05) is 9.61 Å². The van der Waals surface area contributed by atoms with Crippen LogP contribution in [-0.4, -0.2) is 11.9 Å². The number of nitrogens with zero attached hydrogens (tertiary/aromatic N) is 1. The average molecular weight is 380 g/mol. The Morgan fingerprint density at radius 3 is 2.65 bits per heavy atom. The molecule has 0 aromatic heterocycles. The second kappa shape index (κ2) is 7.44. The Balaban J connectivity index is 2.09. The van der Waals surface area contributed by atoms with Gasteiger partial charge in [-0.05, 0) is 53.1 Å². The Kier molecular flexibility index (Phi) is 5.60. The van der Waals surface area contributed by atoms with Crippen molar-refractivity contribution in [2.45, 2.75) is 38.1 Å². The Bertz CT molecular complexity index is 554. The molecule has 0 spiro atoms. The maximum absolute atomic E-state index is 12.2. The third-order valence-corrected chi connectivity index (χ3v) is 4.49. The molecule has 1 aromatic carbocycles. The fourth-order valence-electron chi connectivity index (χ4n) is 2.41. The second-order valence-corrected chi connectivity index (χ2v) is 6.16. The van der Waals surface area contributed by atoms with Gasteiger partial charge in [0.2, 0.25) is 0 Å². The van der Waals surface area contributed by atoms with Crippen molar-refractivity contribution in [3.8, 4) is 6.07 Å². The van der Waals surface area contributed by atoms with Crippen LogP contribution in [0.1, 0.15) is 37.7 Å². The van der Waals surface area contributed by atoms with Crippen molar-refractivity contribution < 1.29 is 4.79 Å². The molecule has 0 aliphatic heterocycles. The number of nitrogens with one attached hydrogen (secondary N) is 1. The van der Waals surface area contributed by atoms with E-state index in [9.17, 15) is 10.1 Å². The van der Waals surface area contributed by atoms with Crippen LogP contribution in [-0.2, 0) is 4.79 Å². The number of carbonyl (C=O) groups is 1. The molecule has 1 N–H and O–H groups in total. The number of hydrogen-bond donors (Lipinski definition) is 1. The first-order chi connectivity index (χ1) is 9.70. The topological polar surface area (TPSA) is 52.9 Å². The zero-order valence-corrected chi connectivity index (χ0v) is 13.4. The molecule has 1 amide bonds. The molecular formula is C16H17IN2O. The number of benzene rings is 1. The van der Waals surface area contributed by atoms with E-state index >= 15 is 0 Å². The quantitative estimate of drug-likeness (QED) is 0.495. The normalized spacial score (nSPS) is 16.5. The van der Waals surface area contributed by atoms with Crippen molar-refractivity contribution in [3.05, 3.63) is 39.0 Å². The highest BCUT2D eigenvalue weighted by atomic mass is 127. The van der Waals surface area contributed by atoms with E-state index in [0.29, 0.717) is 0 Å². The summed E-state index contributed by atoms with van der Waals surface area (Å²) in [7, 11) is 0. The van der Waals surface area contributed by atoms with Crippen molar-refractivity contribution >= 4 is 34.6 Å². The molecule has 0 bridgehead atoms. The smallest absolute Gasteiger partial charge is 0.262 e. The van der Waals surface area contributed by atoms with Crippen LogP contribution in [0.25, 0.3) is 6.08 Å². The van der Waals surface area contributed by atoms with E-state index in [2.05, 4.69) is 27.9 Å². The minimum atomic E-state index is -0.251. The highest BCUT2D eigenvalue weighted by Gasteiger charge is 2.18. The largest absolute Gasteiger partial charge is 0.349 e. The summed E-state index contributed by atoms with van der Waals surface area (Å²) in [5, 5.41) is 12.2. The van der Waals surface area contributed by atoms with Crippen molar-refractivity contribution in [2.75, 3.05) is 0 Å². The van der Waals surface area contributed by atoms with Gasteiger partial charge >= 0.3 is 0 Å². The summed E-state index contributed by atoms with van der Waals surface area (Å²) in [6.45, 7) is 0. The van der Waals surface area contributed by atoms with Gasteiger partial charge < -0.3 is 5.32 Å². The lowest BCUT2D eigenvalue weighted by atomic mass is 9.95. The number of rotatable bonds is 3. The second-order valence-electron chi connectivity index (χ2n) is 5.00. The summed E-state index contributed by atoms with van der Waals surface area (Å²) in [6.07, 6.45) is 7.27. The summed E-state index contributed by atoms with van der Waals surface area (Å²) in [5.41, 5.74) is 1.09. The lowest BCUT2D eigenvalue weighted by Crippen LogP contribution is -2.36. The maximum atomic E-state index is 12.2. The monoisotopic (exact) mass is 380 g/mol. The van der Waals surface area contributed by atoms with E-state index in [4.69, 9.17) is 0 Å². The van der Waals surface area contributed by atoms with Crippen molar-refractivity contribution in [2.24, 2.45) is 0 Å². The molecule has 3 nitrogen and oxygen atoms in total. The molecule has 0 atom stereocenters. The molecule has 0 radical (unpaired) electrons. The molecule has 2 rings (SSSR count). The summed E-state index contributed by atoms with van der Waals surface area (Å²) >= 11 is 2.20. The third-order valence-electron chi connectivity index (χ3n) is 3.51. The first-order valence-electron chi connectivity index (χ1n) is 6.88. The number of amides is 1. The predicted molar refractivity (Wildman–Crippen MR) is 87.8 cm³/mol. The van der Waals surface area contributed by atoms with Gasteiger partial charge in [-0.25, -0.2) is 0 Å². The standard InChI is InChI=1S/C16H17IN2O/c17-15-9-5-4-6-12(15)10-13(11-18)16(20)19-14-7-2-1-3-8-14/h4-6,9-10,14H,1-3,7-8H2,(H,19,20). The van der Waals surface area contributed by atoms with E-state index in [1.807, 2.05) is 30.3 Å². The van der Waals surface area contributed by atoms with Gasteiger partial charge in [0.15, 0.2) is 0 Å². The third kappa shape index (κ3) is 4.07. The molecule has 20 heavy (non-hydrogen) atoms. The van der Waals surface area contributed by atoms with Crippen LogP contribution in [0.15, 0.2) is 29.8 Å². The minimum Gasteiger partial charge on any atom is -0.349 e. The van der Waals surface area contributed by atoms with E-state index < -0.39 is 0 Å². The van der Waals surface area contributed by atoms with Crippen LogP contribution < -0.4 is 5.32 Å². The molecular weight excluding hydrogens is 363 g/mol. The number of carbonyl (C=O) groups excluding carboxylic acids is 1. The lowest BCUT2D eigenvalue weighted by molar-refractivity contribution is -0.117. The van der Waals surface area contributed by atoms with Gasteiger partial charge in [0.25, 0.3) is 5.91 Å². The van der Waals surface area contributed by atoms with Gasteiger partial charge in [-0.2, -0.15) is 5.26 Å². The van der Waals surface area contributed by atoms with Crippen LogP contribution in [0, 0.1) is 14.9 Å². The van der Waals surface area contributed by atoms with Crippen LogP contribution in [0.3, 0.4) is 0 Å². The zero-order valence-electron chi connectivity index (χ0n) is 11.2. The van der Waals surface area contributed by atoms with E-state index in [1.165, 1.54) is 6.42 Å². The molecule has 1 aliphatic carbocycles. The summed E-state index contributed by atoms with van der Waals surface area (Å²) in [4.78, 5) is 12.2. The highest BCUT2D eigenvalue weighted by molar-refractivity contribution is 14.1. The first kappa shape index (κ1) is 15.0. The summed E-state index contributed by atoms with van der Waals surface area (Å²) < 4.78 is 1.03. The van der Waals surface area contributed by atoms with Crippen LogP contribution in [0.2, 0.25) is 0 Å². The van der Waals surface area contributed by atoms with E-state index in [1.54, 1.807) is 6.08 Å². The summed E-state index contributed by atoms with van der Waals surface area (Å²) in [5.74, 6) is -0.251. The van der Waals surface area contributed by atoms with Gasteiger partial charge in [-0.1, -0.05) is 37.5 Å². The predicted octanol–water partition coefficient (Wildman–Crippen LogP) is 3.65. The van der Waals surface area contributed by atoms with E-state index in [0.717, 1.165) is 34.8 Å². The van der Waals surface area contributed by atoms with Crippen LogP contribution in [0.5, 0.6) is 0 Å². The van der Waals surface area contributed by atoms with Crippen molar-refractivity contribution in [3.63, 3.8) is 0 Å². The van der Waals surface area contributed by atoms with Crippen molar-refractivity contribution in [1.29, 1.82) is 5.26 Å². The van der Waals surface area contributed by atoms with Gasteiger partial charge in [0.05, 0.1) is 0 Å². The van der Waals surface area contributed by atoms with E-state index in [-0.39, 0.29) is 17.5 Å². The molecule has 1 aliphatic rings. The van der Waals surface area contributed by atoms with Gasteiger partial charge in [-0.15, -0.1) is 0 Å². The Labute approximate surface area is 133 Å². The fraction of sp³-hybridized carbons (Fsp3) is 0.375. The van der Waals surface area contributed by atoms with Crippen molar-refractivity contribution in [1.82, 2.24) is 5.32 Å². The highest BCUT2D eigenvalue weighted by Crippen LogP contribution is 2.19. The van der Waals surface area contributed by atoms with Gasteiger partial charge in [0.1, 0.15) is 11.6 Å². The first-order valence-corrected chi connectivity index (χ1v) is 7.96. The number of hydrogen-bond acceptors (Lipinski definition) is 2. The molecule has 0 unspecified atom stereocenters. The van der Waals surface area contributed by atoms with Crippen LogP contribution >= 0.6 is 22.6 Å². The SMILES string of the molecule is N#CC(=Cc1ccccc1I)C(=O)NC1CCCCC1. The molecule has 0 saturated heterocycles. The molecule has 104 valence electrons. The maximum Gasteiger partial charge on any atom is 0.262 e. The molecule has 1 saturated carbocycles. The molecule has 1 aromatic rings. The Morgan fingerprint density at radius 1 is 1.30 bits per heavy atom. The summed E-state index contributed by atoms with van der Waals surface area (Å²) in [6, 6.07) is 9.95. The minimum absolute atomic E-state index is 0.180. The zero-order chi connectivity index (χ0) is 14.4. The molecule has 1 fully saturated rings. The molecule has 0 heterocycles. The van der Waals surface area contributed by atoms with Crippen LogP contribution in [0.4, 0.5) is 0 Å². The Morgan fingerprint density at radius 2 is 2.00 bits per heavy atom. The Hall–Kier alpha value is -1.35. The number of halogens is 1. The lowest BCUT2D eigenvalue weighted by Gasteiger charge is -2.22. The average Bonchev–Trinajstić information content (AvgIpc) is 2.47. The fourth-order valence-corrected chi connectivity index (χ4v) is 2.95. The van der Waals surface area contributed by atoms with Gasteiger partial charge in [-0.3, -0.25) is 4.79 Å².